The number of urea groups is 1. The second-order valence-electron chi connectivity index (χ2n) is 3.24. The van der Waals surface area contributed by atoms with Crippen LogP contribution in [-0.2, 0) is 4.79 Å². The molecule has 3 amide bonds. The zero-order valence-corrected chi connectivity index (χ0v) is 6.39. The number of carbonyl (C=O) groups is 2. The van der Waals surface area contributed by atoms with Crippen LogP contribution in [-0.4, -0.2) is 23.6 Å². The Hall–Kier alpha value is -1.13. The first kappa shape index (κ1) is 7.52. The summed E-state index contributed by atoms with van der Waals surface area (Å²) in [4.78, 5) is 21.9. The standard InChI is InChI=1S/C7H9FN2O2/c8-4-2-1-3-7(4)5(11)9-6(12)10-7/h4H,1-3H2,(H2,9,10,11,12)/t4-,7-/m1/s1. The monoisotopic (exact) mass is 172 g/mol. The molecule has 2 fully saturated rings. The number of carbonyl (C=O) groups excluding carboxylic acids is 2. The first-order valence-corrected chi connectivity index (χ1v) is 3.93. The van der Waals surface area contributed by atoms with E-state index in [9.17, 15) is 14.0 Å². The van der Waals surface area contributed by atoms with Crippen LogP contribution < -0.4 is 10.6 Å². The smallest absolute Gasteiger partial charge is 0.321 e. The fourth-order valence-corrected chi connectivity index (χ4v) is 1.86. The number of imide groups is 1. The maximum absolute atomic E-state index is 13.2. The maximum Gasteiger partial charge on any atom is 0.322 e. The summed E-state index contributed by atoms with van der Waals surface area (Å²) in [5.41, 5.74) is -1.24. The minimum absolute atomic E-state index is 0.355. The van der Waals surface area contributed by atoms with Crippen molar-refractivity contribution in [1.29, 1.82) is 0 Å². The fraction of sp³-hybridized carbons (Fsp3) is 0.714. The predicted octanol–water partition coefficient (Wildman–Crippen LogP) is 0.0866. The molecule has 4 nitrogen and oxygen atoms in total. The van der Waals surface area contributed by atoms with Gasteiger partial charge in [0, 0.05) is 0 Å². The van der Waals surface area contributed by atoms with Gasteiger partial charge in [-0.1, -0.05) is 0 Å². The number of nitrogens with one attached hydrogen (secondary N) is 2. The van der Waals surface area contributed by atoms with Crippen LogP contribution in [0.1, 0.15) is 19.3 Å². The SMILES string of the molecule is O=C1NC(=O)[C@]2(CCC[C@H]2F)N1. The van der Waals surface area contributed by atoms with Crippen molar-refractivity contribution in [2.45, 2.75) is 31.0 Å². The predicted molar refractivity (Wildman–Crippen MR) is 38.2 cm³/mol. The average Bonchev–Trinajstić information content (AvgIpc) is 2.44. The molecule has 66 valence electrons. The molecule has 1 saturated carbocycles. The zero-order chi connectivity index (χ0) is 8.77. The second-order valence-corrected chi connectivity index (χ2v) is 3.24. The topological polar surface area (TPSA) is 58.2 Å². The highest BCUT2D eigenvalue weighted by Gasteiger charge is 2.55. The van der Waals surface area contributed by atoms with Gasteiger partial charge in [0.25, 0.3) is 5.91 Å². The van der Waals surface area contributed by atoms with E-state index in [0.29, 0.717) is 19.3 Å². The van der Waals surface area contributed by atoms with Crippen molar-refractivity contribution in [3.63, 3.8) is 0 Å². The van der Waals surface area contributed by atoms with Crippen molar-refractivity contribution >= 4 is 11.9 Å². The molecule has 1 spiro atoms. The zero-order valence-electron chi connectivity index (χ0n) is 6.39. The number of alkyl halides is 1. The Labute approximate surface area is 68.5 Å². The normalized spacial score (nSPS) is 40.2. The summed E-state index contributed by atoms with van der Waals surface area (Å²) in [6.45, 7) is 0. The molecule has 0 bridgehead atoms. The molecule has 0 aromatic rings. The third kappa shape index (κ3) is 0.761. The van der Waals surface area contributed by atoms with Gasteiger partial charge in [0.15, 0.2) is 5.54 Å². The lowest BCUT2D eigenvalue weighted by Gasteiger charge is -2.21. The molecule has 1 heterocycles. The van der Waals surface area contributed by atoms with Gasteiger partial charge in [-0.05, 0) is 19.3 Å². The average molecular weight is 172 g/mol. The van der Waals surface area contributed by atoms with Crippen molar-refractivity contribution < 1.29 is 14.0 Å². The summed E-state index contributed by atoms with van der Waals surface area (Å²) >= 11 is 0. The first-order chi connectivity index (χ1) is 5.65. The summed E-state index contributed by atoms with van der Waals surface area (Å²) in [5, 5.41) is 4.41. The minimum atomic E-state index is -1.24. The van der Waals surface area contributed by atoms with E-state index in [1.165, 1.54) is 0 Å². The van der Waals surface area contributed by atoms with Crippen LogP contribution in [0.25, 0.3) is 0 Å². The van der Waals surface area contributed by atoms with Gasteiger partial charge in [-0.3, -0.25) is 10.1 Å². The van der Waals surface area contributed by atoms with E-state index in [2.05, 4.69) is 10.6 Å². The molecule has 12 heavy (non-hydrogen) atoms. The highest BCUT2D eigenvalue weighted by atomic mass is 19.1. The van der Waals surface area contributed by atoms with Crippen molar-refractivity contribution in [1.82, 2.24) is 10.6 Å². The highest BCUT2D eigenvalue weighted by molar-refractivity contribution is 6.07. The molecule has 0 unspecified atom stereocenters. The van der Waals surface area contributed by atoms with E-state index in [4.69, 9.17) is 0 Å². The Bertz CT molecular complexity index is 256. The summed E-state index contributed by atoms with van der Waals surface area (Å²) in [6, 6.07) is -0.579. The molecule has 0 aromatic heterocycles. The lowest BCUT2D eigenvalue weighted by Crippen LogP contribution is -2.51. The molecule has 5 heteroatoms. The Balaban J connectivity index is 2.31. The lowest BCUT2D eigenvalue weighted by atomic mass is 9.97. The van der Waals surface area contributed by atoms with Crippen LogP contribution in [0.3, 0.4) is 0 Å². The van der Waals surface area contributed by atoms with Crippen molar-refractivity contribution in [3.8, 4) is 0 Å². The van der Waals surface area contributed by atoms with Crippen molar-refractivity contribution in [2.24, 2.45) is 0 Å². The van der Waals surface area contributed by atoms with E-state index >= 15 is 0 Å². The third-order valence-electron chi connectivity index (χ3n) is 2.53. The van der Waals surface area contributed by atoms with E-state index in [-0.39, 0.29) is 0 Å². The molecular weight excluding hydrogens is 163 g/mol. The second kappa shape index (κ2) is 2.18. The van der Waals surface area contributed by atoms with Crippen LogP contribution in [0, 0.1) is 0 Å². The van der Waals surface area contributed by atoms with Crippen LogP contribution in [0.2, 0.25) is 0 Å². The van der Waals surface area contributed by atoms with Crippen LogP contribution in [0.15, 0.2) is 0 Å². The Kier molecular flexibility index (Phi) is 1.37. The lowest BCUT2D eigenvalue weighted by molar-refractivity contribution is -0.125. The van der Waals surface area contributed by atoms with Crippen molar-refractivity contribution in [3.05, 3.63) is 0 Å². The summed E-state index contributed by atoms with van der Waals surface area (Å²) in [5.74, 6) is -0.516. The van der Waals surface area contributed by atoms with Gasteiger partial charge in [0.2, 0.25) is 0 Å². The van der Waals surface area contributed by atoms with Crippen molar-refractivity contribution in [2.75, 3.05) is 0 Å². The number of hydrogen-bond acceptors (Lipinski definition) is 2. The van der Waals surface area contributed by atoms with Gasteiger partial charge < -0.3 is 5.32 Å². The van der Waals surface area contributed by atoms with Crippen LogP contribution >= 0.6 is 0 Å². The molecule has 2 rings (SSSR count). The number of halogens is 1. The summed E-state index contributed by atoms with van der Waals surface area (Å²) < 4.78 is 13.2. The quantitative estimate of drug-likeness (QED) is 0.508. The Morgan fingerprint density at radius 2 is 2.25 bits per heavy atom. The van der Waals surface area contributed by atoms with Crippen LogP contribution in [0.4, 0.5) is 9.18 Å². The van der Waals surface area contributed by atoms with Crippen LogP contribution in [0.5, 0.6) is 0 Å². The summed E-state index contributed by atoms with van der Waals surface area (Å²) in [7, 11) is 0. The Morgan fingerprint density at radius 1 is 1.50 bits per heavy atom. The molecule has 1 saturated heterocycles. The number of amides is 3. The van der Waals surface area contributed by atoms with E-state index in [0.717, 1.165) is 0 Å². The number of rotatable bonds is 0. The Morgan fingerprint density at radius 3 is 2.67 bits per heavy atom. The first-order valence-electron chi connectivity index (χ1n) is 3.93. The van der Waals surface area contributed by atoms with Gasteiger partial charge in [-0.15, -0.1) is 0 Å². The molecule has 1 aliphatic heterocycles. The molecule has 0 radical (unpaired) electrons. The molecular formula is C7H9FN2O2. The van der Waals surface area contributed by atoms with E-state index in [1.807, 2.05) is 0 Å². The molecule has 2 N–H and O–H groups in total. The molecule has 2 aliphatic rings. The fourth-order valence-electron chi connectivity index (χ4n) is 1.86. The third-order valence-corrected chi connectivity index (χ3v) is 2.53. The minimum Gasteiger partial charge on any atom is -0.321 e. The molecule has 2 atom stereocenters. The van der Waals surface area contributed by atoms with Gasteiger partial charge in [-0.25, -0.2) is 9.18 Å². The summed E-state index contributed by atoms with van der Waals surface area (Å²) in [6.07, 6.45) is 0.179. The van der Waals surface area contributed by atoms with Gasteiger partial charge in [0.05, 0.1) is 0 Å². The van der Waals surface area contributed by atoms with Gasteiger partial charge >= 0.3 is 6.03 Å². The van der Waals surface area contributed by atoms with Gasteiger partial charge in [-0.2, -0.15) is 0 Å². The van der Waals surface area contributed by atoms with Gasteiger partial charge in [0.1, 0.15) is 6.17 Å². The number of hydrogen-bond donors (Lipinski definition) is 2. The molecule has 1 aliphatic carbocycles. The van der Waals surface area contributed by atoms with E-state index < -0.39 is 23.6 Å². The maximum atomic E-state index is 13.2. The highest BCUT2D eigenvalue weighted by Crippen LogP contribution is 2.34. The van der Waals surface area contributed by atoms with E-state index in [1.54, 1.807) is 0 Å². The molecule has 0 aromatic carbocycles. The largest absolute Gasteiger partial charge is 0.322 e.